The summed E-state index contributed by atoms with van der Waals surface area (Å²) in [5.74, 6) is -2.25. The molecule has 0 spiro atoms. The third-order valence-electron chi connectivity index (χ3n) is 1.87. The van der Waals surface area contributed by atoms with E-state index in [-0.39, 0.29) is 17.0 Å². The van der Waals surface area contributed by atoms with Crippen LogP contribution in [-0.2, 0) is 6.42 Å². The minimum atomic E-state index is -2.73. The van der Waals surface area contributed by atoms with E-state index >= 15 is 0 Å². The summed E-state index contributed by atoms with van der Waals surface area (Å²) in [5, 5.41) is -0.106. The van der Waals surface area contributed by atoms with Gasteiger partial charge in [-0.25, -0.2) is 17.6 Å². The lowest BCUT2D eigenvalue weighted by atomic mass is 10.1. The fourth-order valence-electron chi connectivity index (χ4n) is 1.06. The van der Waals surface area contributed by atoms with Gasteiger partial charge in [0.15, 0.2) is 11.6 Å². The van der Waals surface area contributed by atoms with Crippen molar-refractivity contribution in [3.63, 3.8) is 0 Å². The molecule has 84 valence electrons. The van der Waals surface area contributed by atoms with Crippen molar-refractivity contribution < 1.29 is 17.6 Å². The van der Waals surface area contributed by atoms with Gasteiger partial charge in [0.25, 0.3) is 6.43 Å². The first-order valence-corrected chi connectivity index (χ1v) is 4.46. The minimum absolute atomic E-state index is 0.0726. The van der Waals surface area contributed by atoms with Crippen molar-refractivity contribution in [2.24, 2.45) is 5.73 Å². The molecular formula is C9H8ClF4N. The maximum atomic E-state index is 12.7. The van der Waals surface area contributed by atoms with Crippen LogP contribution in [0.3, 0.4) is 0 Å². The van der Waals surface area contributed by atoms with Crippen LogP contribution in [0, 0.1) is 11.6 Å². The smallest absolute Gasteiger partial charge is 0.253 e. The quantitative estimate of drug-likeness (QED) is 0.639. The lowest BCUT2D eigenvalue weighted by Crippen LogP contribution is -2.31. The molecule has 0 fully saturated rings. The van der Waals surface area contributed by atoms with Gasteiger partial charge in [0, 0.05) is 5.02 Å². The first-order valence-electron chi connectivity index (χ1n) is 4.09. The number of alkyl halides is 2. The molecular weight excluding hydrogens is 234 g/mol. The van der Waals surface area contributed by atoms with E-state index in [0.29, 0.717) is 0 Å². The average Bonchev–Trinajstić information content (AvgIpc) is 2.13. The highest BCUT2D eigenvalue weighted by Gasteiger charge is 2.18. The Morgan fingerprint density at radius 1 is 1.20 bits per heavy atom. The normalized spacial score (nSPS) is 13.3. The summed E-state index contributed by atoms with van der Waals surface area (Å²) in [6.07, 6.45) is -3.03. The summed E-state index contributed by atoms with van der Waals surface area (Å²) >= 11 is 5.54. The highest BCUT2D eigenvalue weighted by molar-refractivity contribution is 6.31. The SMILES string of the molecule is NC(Cc1cc(F)c(F)cc1Cl)C(F)F. The van der Waals surface area contributed by atoms with Gasteiger partial charge < -0.3 is 5.73 Å². The van der Waals surface area contributed by atoms with Crippen molar-refractivity contribution in [2.75, 3.05) is 0 Å². The second kappa shape index (κ2) is 4.81. The first kappa shape index (κ1) is 12.3. The van der Waals surface area contributed by atoms with Crippen LogP contribution in [0.4, 0.5) is 17.6 Å². The van der Waals surface area contributed by atoms with Gasteiger partial charge in [-0.15, -0.1) is 0 Å². The van der Waals surface area contributed by atoms with Crippen LogP contribution in [0.2, 0.25) is 5.02 Å². The van der Waals surface area contributed by atoms with E-state index in [1.807, 2.05) is 0 Å². The van der Waals surface area contributed by atoms with Gasteiger partial charge >= 0.3 is 0 Å². The largest absolute Gasteiger partial charge is 0.323 e. The Morgan fingerprint density at radius 3 is 2.27 bits per heavy atom. The number of hydrogen-bond donors (Lipinski definition) is 1. The Balaban J connectivity index is 2.91. The molecule has 1 unspecified atom stereocenters. The molecule has 1 aromatic carbocycles. The lowest BCUT2D eigenvalue weighted by molar-refractivity contribution is 0.116. The van der Waals surface area contributed by atoms with E-state index in [1.54, 1.807) is 0 Å². The van der Waals surface area contributed by atoms with Crippen LogP contribution in [0.25, 0.3) is 0 Å². The topological polar surface area (TPSA) is 26.0 Å². The Labute approximate surface area is 88.8 Å². The number of hydrogen-bond acceptors (Lipinski definition) is 1. The summed E-state index contributed by atoms with van der Waals surface area (Å²) in [7, 11) is 0. The Hall–Kier alpha value is -0.810. The summed E-state index contributed by atoms with van der Waals surface area (Å²) in [4.78, 5) is 0. The molecule has 1 rings (SSSR count). The molecule has 1 nitrogen and oxygen atoms in total. The average molecular weight is 242 g/mol. The molecule has 15 heavy (non-hydrogen) atoms. The zero-order valence-corrected chi connectivity index (χ0v) is 8.24. The fourth-order valence-corrected chi connectivity index (χ4v) is 1.29. The van der Waals surface area contributed by atoms with Gasteiger partial charge in [0.2, 0.25) is 0 Å². The Kier molecular flexibility index (Phi) is 3.93. The van der Waals surface area contributed by atoms with Gasteiger partial charge in [-0.2, -0.15) is 0 Å². The van der Waals surface area contributed by atoms with Crippen LogP contribution in [0.15, 0.2) is 12.1 Å². The van der Waals surface area contributed by atoms with Crippen LogP contribution < -0.4 is 5.73 Å². The van der Waals surface area contributed by atoms with Crippen molar-refractivity contribution in [1.29, 1.82) is 0 Å². The lowest BCUT2D eigenvalue weighted by Gasteiger charge is -2.11. The first-order chi connectivity index (χ1) is 6.91. The van der Waals surface area contributed by atoms with E-state index < -0.39 is 24.1 Å². The van der Waals surface area contributed by atoms with Crippen molar-refractivity contribution >= 4 is 11.6 Å². The maximum Gasteiger partial charge on any atom is 0.253 e. The maximum absolute atomic E-state index is 12.7. The van der Waals surface area contributed by atoms with Crippen LogP contribution in [0.5, 0.6) is 0 Å². The zero-order chi connectivity index (χ0) is 11.6. The van der Waals surface area contributed by atoms with Crippen molar-refractivity contribution in [1.82, 2.24) is 0 Å². The van der Waals surface area contributed by atoms with Crippen LogP contribution in [-0.4, -0.2) is 12.5 Å². The molecule has 0 saturated carbocycles. The zero-order valence-electron chi connectivity index (χ0n) is 7.48. The van der Waals surface area contributed by atoms with E-state index in [4.69, 9.17) is 17.3 Å². The van der Waals surface area contributed by atoms with Crippen LogP contribution in [0.1, 0.15) is 5.56 Å². The van der Waals surface area contributed by atoms with Gasteiger partial charge in [-0.05, 0) is 24.1 Å². The molecule has 0 saturated heterocycles. The van der Waals surface area contributed by atoms with Gasteiger partial charge in [-0.1, -0.05) is 11.6 Å². The highest BCUT2D eigenvalue weighted by atomic mass is 35.5. The third-order valence-corrected chi connectivity index (χ3v) is 2.22. The monoisotopic (exact) mass is 241 g/mol. The molecule has 0 radical (unpaired) electrons. The van der Waals surface area contributed by atoms with E-state index in [9.17, 15) is 17.6 Å². The second-order valence-electron chi connectivity index (χ2n) is 3.06. The standard InChI is InChI=1S/C9H8ClF4N/c10-5-3-7(12)6(11)1-4(5)2-8(15)9(13)14/h1,3,8-9H,2,15H2. The number of nitrogens with two attached hydrogens (primary N) is 1. The second-order valence-corrected chi connectivity index (χ2v) is 3.47. The summed E-state index contributed by atoms with van der Waals surface area (Å²) in [6.45, 7) is 0. The number of rotatable bonds is 3. The van der Waals surface area contributed by atoms with E-state index in [2.05, 4.69) is 0 Å². The van der Waals surface area contributed by atoms with Crippen molar-refractivity contribution in [2.45, 2.75) is 18.9 Å². The predicted octanol–water partition coefficient (Wildman–Crippen LogP) is 2.75. The van der Waals surface area contributed by atoms with Gasteiger partial charge in [-0.3, -0.25) is 0 Å². The molecule has 0 aliphatic rings. The minimum Gasteiger partial charge on any atom is -0.323 e. The van der Waals surface area contributed by atoms with E-state index in [1.165, 1.54) is 0 Å². The number of halogens is 5. The molecule has 0 amide bonds. The molecule has 1 aromatic rings. The van der Waals surface area contributed by atoms with Gasteiger partial charge in [0.1, 0.15) is 0 Å². The number of benzene rings is 1. The summed E-state index contributed by atoms with van der Waals surface area (Å²) < 4.78 is 49.5. The van der Waals surface area contributed by atoms with Crippen LogP contribution >= 0.6 is 11.6 Å². The molecule has 0 bridgehead atoms. The summed E-state index contributed by atoms with van der Waals surface area (Å²) in [5.41, 5.74) is 5.15. The molecule has 6 heteroatoms. The molecule has 0 aliphatic carbocycles. The third kappa shape index (κ3) is 3.07. The molecule has 2 N–H and O–H groups in total. The molecule has 0 heterocycles. The summed E-state index contributed by atoms with van der Waals surface area (Å²) in [6, 6.07) is 0.0805. The van der Waals surface area contributed by atoms with Crippen molar-refractivity contribution in [3.8, 4) is 0 Å². The van der Waals surface area contributed by atoms with Crippen molar-refractivity contribution in [3.05, 3.63) is 34.4 Å². The predicted molar refractivity (Wildman–Crippen MR) is 49.1 cm³/mol. The Bertz CT molecular complexity index is 356. The highest BCUT2D eigenvalue weighted by Crippen LogP contribution is 2.22. The fraction of sp³-hybridized carbons (Fsp3) is 0.333. The molecule has 0 aliphatic heterocycles. The van der Waals surface area contributed by atoms with Gasteiger partial charge in [0.05, 0.1) is 6.04 Å². The molecule has 0 aromatic heterocycles. The molecule has 1 atom stereocenters. The van der Waals surface area contributed by atoms with E-state index in [0.717, 1.165) is 12.1 Å². The Morgan fingerprint density at radius 2 is 1.73 bits per heavy atom.